The van der Waals surface area contributed by atoms with Gasteiger partial charge in [-0.25, -0.2) is 24.8 Å². The molecule has 0 spiro atoms. The first kappa shape index (κ1) is 28.6. The van der Waals surface area contributed by atoms with Gasteiger partial charge in [-0.1, -0.05) is 52.9 Å². The van der Waals surface area contributed by atoms with Gasteiger partial charge in [0.1, 0.15) is 30.2 Å². The second-order valence-electron chi connectivity index (χ2n) is 7.71. The third-order valence-corrected chi connectivity index (χ3v) is 7.91. The Labute approximate surface area is 179 Å². The standard InChI is InChI=1S/2C7H15BNSi.2ClH.Zr/c2*1-8-6-5-7-9(8)10(2,3)4;;;/h2*5-7H,1-4H3;2*1H;/q2*-1;;;+4/p-2. The number of halogens is 2. The maximum atomic E-state index is 2.49. The van der Waals surface area contributed by atoms with Gasteiger partial charge in [-0.05, 0) is 0 Å². The molecule has 0 atom stereocenters. The summed E-state index contributed by atoms with van der Waals surface area (Å²) in [6.07, 6.45) is 13.2. The molecule has 0 amide bonds. The minimum Gasteiger partial charge on any atom is -1.00 e. The van der Waals surface area contributed by atoms with E-state index in [-0.39, 0.29) is 51.0 Å². The molecule has 2 nitrogen and oxygen atoms in total. The summed E-state index contributed by atoms with van der Waals surface area (Å²) in [6.45, 7) is 20.0. The third-order valence-electron chi connectivity index (χ3n) is 3.70. The third kappa shape index (κ3) is 9.20. The molecule has 0 aromatic heterocycles. The Morgan fingerprint density at radius 2 is 0.957 bits per heavy atom. The van der Waals surface area contributed by atoms with Crippen LogP contribution >= 0.6 is 0 Å². The molecule has 0 fully saturated rings. The number of hydrogen-bond donors (Lipinski definition) is 0. The van der Waals surface area contributed by atoms with Crippen LogP contribution in [-0.2, 0) is 26.2 Å². The zero-order chi connectivity index (χ0) is 15.6. The van der Waals surface area contributed by atoms with Crippen LogP contribution in [0.4, 0.5) is 0 Å². The van der Waals surface area contributed by atoms with Crippen LogP contribution in [0.15, 0.2) is 24.6 Å². The first-order chi connectivity index (χ1) is 9.03. The van der Waals surface area contributed by atoms with Gasteiger partial charge in [-0.15, -0.1) is 0 Å². The molecule has 2 rings (SSSR count). The smallest absolute Gasteiger partial charge is 1.00 e. The minimum absolute atomic E-state index is 0. The van der Waals surface area contributed by atoms with Crippen molar-refractivity contribution in [3.05, 3.63) is 37.2 Å². The van der Waals surface area contributed by atoms with Gasteiger partial charge in [0.05, 0.1) is 0 Å². The van der Waals surface area contributed by atoms with Crippen LogP contribution in [0.25, 0.3) is 0 Å². The minimum atomic E-state index is -1.07. The van der Waals surface area contributed by atoms with Crippen molar-refractivity contribution in [3.8, 4) is 0 Å². The molecule has 0 bridgehead atoms. The van der Waals surface area contributed by atoms with Crippen LogP contribution in [0.5, 0.6) is 0 Å². The summed E-state index contributed by atoms with van der Waals surface area (Å²) < 4.78 is 4.99. The molecule has 0 saturated carbocycles. The molecule has 9 heteroatoms. The molecule has 0 aromatic rings. The molecule has 2 aliphatic rings. The van der Waals surface area contributed by atoms with E-state index in [0.717, 1.165) is 0 Å². The van der Waals surface area contributed by atoms with Crippen molar-refractivity contribution in [2.24, 2.45) is 0 Å². The maximum Gasteiger partial charge on any atom is 4.00 e. The number of rotatable bonds is 2. The molecule has 128 valence electrons. The van der Waals surface area contributed by atoms with Gasteiger partial charge in [-0.3, -0.25) is 0 Å². The Balaban J connectivity index is -0.000000308. The molecule has 0 saturated heterocycles. The molecule has 0 aromatic carbocycles. The molecule has 0 radical (unpaired) electrons. The normalized spacial score (nSPS) is 15.7. The van der Waals surface area contributed by atoms with Crippen molar-refractivity contribution < 1.29 is 51.0 Å². The summed E-state index contributed by atoms with van der Waals surface area (Å²) in [7, 11) is -2.14. The van der Waals surface area contributed by atoms with Crippen molar-refractivity contribution in [1.29, 1.82) is 0 Å². The van der Waals surface area contributed by atoms with Gasteiger partial charge in [0.25, 0.3) is 0 Å². The Kier molecular flexibility index (Phi) is 14.3. The van der Waals surface area contributed by atoms with Crippen molar-refractivity contribution in [2.45, 2.75) is 52.9 Å². The zero-order valence-electron chi connectivity index (χ0n) is 15.8. The monoisotopic (exact) mass is 464 g/mol. The molecular weight excluding hydrogens is 436 g/mol. The predicted octanol–water partition coefficient (Wildman–Crippen LogP) is -1.96. The van der Waals surface area contributed by atoms with E-state index in [1.807, 2.05) is 0 Å². The van der Waals surface area contributed by atoms with Gasteiger partial charge in [0.15, 0.2) is 0 Å². The van der Waals surface area contributed by atoms with Gasteiger partial charge in [0, 0.05) is 0 Å². The first-order valence-corrected chi connectivity index (χ1v) is 14.5. The topological polar surface area (TPSA) is 6.48 Å². The molecule has 0 unspecified atom stereocenters. The fraction of sp³-hybridized carbons (Fsp3) is 0.571. The molecule has 2 aliphatic heterocycles. The summed E-state index contributed by atoms with van der Waals surface area (Å²) in [5.74, 6) is 0. The van der Waals surface area contributed by atoms with Crippen LogP contribution in [0.2, 0.25) is 52.9 Å². The van der Waals surface area contributed by atoms with Crippen LogP contribution in [-0.4, -0.2) is 39.1 Å². The molecule has 0 aliphatic carbocycles. The summed E-state index contributed by atoms with van der Waals surface area (Å²) in [5, 5.41) is 0. The Morgan fingerprint density at radius 1 is 0.696 bits per heavy atom. The fourth-order valence-corrected chi connectivity index (χ4v) is 6.41. The average molecular weight is 466 g/mol. The number of hydrogen-bond acceptors (Lipinski definition) is 2. The second-order valence-corrected chi connectivity index (χ2v) is 17.4. The number of allylic oxidation sites excluding steroid dienone is 2. The van der Waals surface area contributed by atoms with E-state index in [9.17, 15) is 0 Å². The first-order valence-electron chi connectivity index (χ1n) is 7.63. The molecule has 2 heterocycles. The summed E-state index contributed by atoms with van der Waals surface area (Å²) in [5.41, 5.74) is 0. The second kappa shape index (κ2) is 11.5. The van der Waals surface area contributed by atoms with Gasteiger partial charge < -0.3 is 33.8 Å². The van der Waals surface area contributed by atoms with E-state index >= 15 is 0 Å². The average Bonchev–Trinajstić information content (AvgIpc) is 2.85. The quantitative estimate of drug-likeness (QED) is 0.345. The van der Waals surface area contributed by atoms with Gasteiger partial charge in [-0.2, -0.15) is 12.4 Å². The van der Waals surface area contributed by atoms with Crippen LogP contribution < -0.4 is 24.8 Å². The van der Waals surface area contributed by atoms with Gasteiger partial charge >= 0.3 is 26.2 Å². The van der Waals surface area contributed by atoms with Crippen molar-refractivity contribution >= 4 is 30.2 Å². The van der Waals surface area contributed by atoms with Crippen LogP contribution in [0.3, 0.4) is 0 Å². The predicted molar refractivity (Wildman–Crippen MR) is 100 cm³/mol. The van der Waals surface area contributed by atoms with Gasteiger partial charge in [0.2, 0.25) is 0 Å². The van der Waals surface area contributed by atoms with E-state index in [2.05, 4.69) is 99.1 Å². The fourth-order valence-electron chi connectivity index (χ4n) is 2.73. The van der Waals surface area contributed by atoms with E-state index in [1.54, 1.807) is 0 Å². The maximum absolute atomic E-state index is 2.49. The molecule has 23 heavy (non-hydrogen) atoms. The van der Waals surface area contributed by atoms with E-state index < -0.39 is 16.5 Å². The Bertz CT molecular complexity index is 352. The zero-order valence-corrected chi connectivity index (χ0v) is 21.7. The Hall–Kier alpha value is 0.847. The molecular formula is C14H30B2Cl2N2Si2Zr. The number of nitrogens with zero attached hydrogens (tertiary/aromatic N) is 2. The van der Waals surface area contributed by atoms with Crippen LogP contribution in [0, 0.1) is 12.6 Å². The molecule has 0 N–H and O–H groups in total. The van der Waals surface area contributed by atoms with Crippen molar-refractivity contribution in [1.82, 2.24) is 8.95 Å². The van der Waals surface area contributed by atoms with Crippen molar-refractivity contribution in [2.75, 3.05) is 0 Å². The summed E-state index contributed by atoms with van der Waals surface area (Å²) >= 11 is 0. The largest absolute Gasteiger partial charge is 4.00 e. The van der Waals surface area contributed by atoms with Crippen molar-refractivity contribution in [3.63, 3.8) is 0 Å². The SMILES string of the molecule is CB1[CH-]C=CN1[Si](C)(C)C.CB1[CH-]C=CN1[Si](C)(C)C.[Cl-].[Cl-].[Zr+4]. The van der Waals surface area contributed by atoms with E-state index in [4.69, 9.17) is 0 Å². The summed E-state index contributed by atoms with van der Waals surface area (Å²) in [6, 6.07) is 0. The van der Waals surface area contributed by atoms with Crippen LogP contribution in [0.1, 0.15) is 0 Å². The Morgan fingerprint density at radius 3 is 1.04 bits per heavy atom. The summed E-state index contributed by atoms with van der Waals surface area (Å²) in [4.78, 5) is 0. The van der Waals surface area contributed by atoms with E-state index in [1.165, 1.54) is 0 Å². The van der Waals surface area contributed by atoms with E-state index in [0.29, 0.717) is 13.7 Å².